The Kier molecular flexibility index (Phi) is 3.36. The van der Waals surface area contributed by atoms with E-state index in [9.17, 15) is 4.79 Å². The van der Waals surface area contributed by atoms with E-state index in [0.717, 1.165) is 12.8 Å². The highest BCUT2D eigenvalue weighted by Gasteiger charge is 2.15. The van der Waals surface area contributed by atoms with E-state index in [1.54, 1.807) is 12.5 Å². The van der Waals surface area contributed by atoms with Crippen molar-refractivity contribution in [2.75, 3.05) is 6.54 Å². The van der Waals surface area contributed by atoms with E-state index in [2.05, 4.69) is 22.5 Å². The van der Waals surface area contributed by atoms with Crippen LogP contribution in [0.3, 0.4) is 0 Å². The van der Waals surface area contributed by atoms with Crippen LogP contribution in [-0.4, -0.2) is 28.0 Å². The van der Waals surface area contributed by atoms with Gasteiger partial charge in [-0.15, -0.1) is 0 Å². The van der Waals surface area contributed by atoms with Gasteiger partial charge < -0.3 is 15.6 Å². The molecule has 2 rings (SSSR count). The molecule has 3 N–H and O–H groups in total. The number of imidazole rings is 1. The summed E-state index contributed by atoms with van der Waals surface area (Å²) in [5, 5.41) is 2.94. The molecule has 5 nitrogen and oxygen atoms in total. The smallest absolute Gasteiger partial charge is 0.271 e. The van der Waals surface area contributed by atoms with Crippen molar-refractivity contribution >= 4 is 5.91 Å². The number of rotatable bonds is 4. The molecule has 0 fully saturated rings. The number of hydrogen-bond acceptors (Lipinski definition) is 3. The topological polar surface area (TPSA) is 72.9 Å². The summed E-state index contributed by atoms with van der Waals surface area (Å²) in [6.07, 6.45) is 9.35. The summed E-state index contributed by atoms with van der Waals surface area (Å²) in [7, 11) is 0. The Morgan fingerprint density at radius 2 is 2.31 bits per heavy atom. The van der Waals surface area contributed by atoms with Gasteiger partial charge >= 0.3 is 0 Å². The van der Waals surface area contributed by atoms with Crippen molar-refractivity contribution in [3.05, 3.63) is 30.4 Å². The average molecular weight is 220 g/mol. The normalized spacial score (nSPS) is 15.6. The van der Waals surface area contributed by atoms with Gasteiger partial charge in [-0.05, 0) is 12.8 Å². The Bertz CT molecular complexity index is 388. The fraction of sp³-hybridized carbons (Fsp3) is 0.455. The van der Waals surface area contributed by atoms with Gasteiger partial charge in [-0.2, -0.15) is 0 Å². The summed E-state index contributed by atoms with van der Waals surface area (Å²) in [5.41, 5.74) is 5.88. The maximum absolute atomic E-state index is 11.8. The molecule has 0 bridgehead atoms. The molecule has 1 aromatic rings. The van der Waals surface area contributed by atoms with Gasteiger partial charge in [-0.25, -0.2) is 4.98 Å². The van der Waals surface area contributed by atoms with Crippen molar-refractivity contribution in [2.24, 2.45) is 5.73 Å². The van der Waals surface area contributed by atoms with Crippen molar-refractivity contribution in [1.82, 2.24) is 14.9 Å². The minimum atomic E-state index is -0.107. The first-order chi connectivity index (χ1) is 7.79. The summed E-state index contributed by atoms with van der Waals surface area (Å²) >= 11 is 0. The van der Waals surface area contributed by atoms with Gasteiger partial charge in [0.05, 0.1) is 6.33 Å². The first-order valence-corrected chi connectivity index (χ1v) is 5.47. The number of carbonyl (C=O) groups is 1. The molecule has 1 aliphatic carbocycles. The van der Waals surface area contributed by atoms with E-state index in [1.807, 2.05) is 4.57 Å². The summed E-state index contributed by atoms with van der Waals surface area (Å²) < 4.78 is 1.82. The van der Waals surface area contributed by atoms with Crippen LogP contribution in [0.2, 0.25) is 0 Å². The van der Waals surface area contributed by atoms with E-state index in [4.69, 9.17) is 5.73 Å². The Balaban J connectivity index is 1.92. The number of hydrogen-bond donors (Lipinski definition) is 2. The van der Waals surface area contributed by atoms with Gasteiger partial charge in [0.2, 0.25) is 0 Å². The zero-order valence-electron chi connectivity index (χ0n) is 9.10. The molecule has 0 aromatic carbocycles. The van der Waals surface area contributed by atoms with E-state index in [1.165, 1.54) is 0 Å². The van der Waals surface area contributed by atoms with Crippen LogP contribution in [0.5, 0.6) is 0 Å². The van der Waals surface area contributed by atoms with Crippen molar-refractivity contribution < 1.29 is 4.79 Å². The molecular weight excluding hydrogens is 204 g/mol. The van der Waals surface area contributed by atoms with Crippen molar-refractivity contribution in [1.29, 1.82) is 0 Å². The lowest BCUT2D eigenvalue weighted by Crippen LogP contribution is -2.33. The largest absolute Gasteiger partial charge is 0.347 e. The zero-order valence-corrected chi connectivity index (χ0v) is 9.10. The third-order valence-corrected chi connectivity index (χ3v) is 2.60. The number of amides is 1. The Morgan fingerprint density at radius 1 is 1.56 bits per heavy atom. The molecule has 0 saturated carbocycles. The van der Waals surface area contributed by atoms with E-state index < -0.39 is 0 Å². The van der Waals surface area contributed by atoms with Crippen LogP contribution >= 0.6 is 0 Å². The lowest BCUT2D eigenvalue weighted by Gasteiger charge is -2.10. The summed E-state index contributed by atoms with van der Waals surface area (Å²) in [6.45, 7) is 1.23. The van der Waals surface area contributed by atoms with E-state index in [0.29, 0.717) is 18.8 Å². The molecule has 16 heavy (non-hydrogen) atoms. The standard InChI is InChI=1S/C11H16N4O/c12-5-6-15-7-10(13-8-15)11(16)14-9-3-1-2-4-9/h1-2,7-9H,3-6,12H2,(H,14,16). The summed E-state index contributed by atoms with van der Waals surface area (Å²) in [4.78, 5) is 15.8. The second-order valence-corrected chi connectivity index (χ2v) is 3.90. The molecule has 0 aliphatic heterocycles. The molecule has 1 amide bonds. The SMILES string of the molecule is NCCn1cnc(C(=O)NC2CC=CC2)c1. The highest BCUT2D eigenvalue weighted by atomic mass is 16.2. The van der Waals surface area contributed by atoms with E-state index >= 15 is 0 Å². The number of nitrogens with one attached hydrogen (secondary N) is 1. The van der Waals surface area contributed by atoms with Crippen LogP contribution in [-0.2, 0) is 6.54 Å². The highest BCUT2D eigenvalue weighted by molar-refractivity contribution is 5.92. The quantitative estimate of drug-likeness (QED) is 0.716. The first-order valence-electron chi connectivity index (χ1n) is 5.47. The summed E-state index contributed by atoms with van der Waals surface area (Å²) in [6, 6.07) is 0.229. The predicted molar refractivity (Wildman–Crippen MR) is 60.9 cm³/mol. The Morgan fingerprint density at radius 3 is 3.00 bits per heavy atom. The third-order valence-electron chi connectivity index (χ3n) is 2.60. The lowest BCUT2D eigenvalue weighted by molar-refractivity contribution is 0.0934. The predicted octanol–water partition coefficient (Wildman–Crippen LogP) is 0.290. The molecule has 0 atom stereocenters. The fourth-order valence-electron chi connectivity index (χ4n) is 1.74. The van der Waals surface area contributed by atoms with Crippen LogP contribution in [0.15, 0.2) is 24.7 Å². The monoisotopic (exact) mass is 220 g/mol. The average Bonchev–Trinajstić information content (AvgIpc) is 2.89. The molecule has 0 radical (unpaired) electrons. The minimum absolute atomic E-state index is 0.107. The molecular formula is C11H16N4O. The molecule has 0 unspecified atom stereocenters. The first kappa shape index (κ1) is 10.9. The van der Waals surface area contributed by atoms with Crippen molar-refractivity contribution in [2.45, 2.75) is 25.4 Å². The van der Waals surface area contributed by atoms with E-state index in [-0.39, 0.29) is 11.9 Å². The maximum atomic E-state index is 11.8. The Hall–Kier alpha value is -1.62. The van der Waals surface area contributed by atoms with Gasteiger partial charge in [0.1, 0.15) is 5.69 Å². The third kappa shape index (κ3) is 2.49. The second-order valence-electron chi connectivity index (χ2n) is 3.90. The molecule has 1 aromatic heterocycles. The van der Waals surface area contributed by atoms with Gasteiger partial charge in [0, 0.05) is 25.3 Å². The van der Waals surface area contributed by atoms with Gasteiger partial charge in [0.15, 0.2) is 0 Å². The number of carbonyl (C=O) groups excluding carboxylic acids is 1. The second kappa shape index (κ2) is 4.94. The fourth-order valence-corrected chi connectivity index (χ4v) is 1.74. The summed E-state index contributed by atoms with van der Waals surface area (Å²) in [5.74, 6) is -0.107. The molecule has 5 heteroatoms. The van der Waals surface area contributed by atoms with Gasteiger partial charge in [-0.1, -0.05) is 12.2 Å². The number of nitrogens with zero attached hydrogens (tertiary/aromatic N) is 2. The van der Waals surface area contributed by atoms with Gasteiger partial charge in [0.25, 0.3) is 5.91 Å². The molecule has 86 valence electrons. The van der Waals surface area contributed by atoms with Crippen LogP contribution in [0.4, 0.5) is 0 Å². The van der Waals surface area contributed by atoms with Crippen LogP contribution in [0.1, 0.15) is 23.3 Å². The zero-order chi connectivity index (χ0) is 11.4. The van der Waals surface area contributed by atoms with Crippen molar-refractivity contribution in [3.63, 3.8) is 0 Å². The van der Waals surface area contributed by atoms with Gasteiger partial charge in [-0.3, -0.25) is 4.79 Å². The molecule has 1 aliphatic rings. The number of nitrogens with two attached hydrogens (primary N) is 1. The van der Waals surface area contributed by atoms with Crippen molar-refractivity contribution in [3.8, 4) is 0 Å². The maximum Gasteiger partial charge on any atom is 0.271 e. The van der Waals surface area contributed by atoms with Crippen LogP contribution < -0.4 is 11.1 Å². The number of aromatic nitrogens is 2. The molecule has 0 spiro atoms. The van der Waals surface area contributed by atoms with Crippen LogP contribution in [0.25, 0.3) is 0 Å². The lowest BCUT2D eigenvalue weighted by atomic mass is 10.2. The minimum Gasteiger partial charge on any atom is -0.347 e. The highest BCUT2D eigenvalue weighted by Crippen LogP contribution is 2.09. The Labute approximate surface area is 94.3 Å². The molecule has 1 heterocycles. The molecule has 0 saturated heterocycles. The van der Waals surface area contributed by atoms with Crippen LogP contribution in [0, 0.1) is 0 Å².